The van der Waals surface area contributed by atoms with E-state index in [2.05, 4.69) is 64.6 Å². The summed E-state index contributed by atoms with van der Waals surface area (Å²) in [5.41, 5.74) is 2.76. The highest BCUT2D eigenvalue weighted by Gasteiger charge is 2.19. The number of hydrogen-bond acceptors (Lipinski definition) is 2. The van der Waals surface area contributed by atoms with Crippen molar-refractivity contribution in [1.82, 2.24) is 4.90 Å². The van der Waals surface area contributed by atoms with Crippen LogP contribution in [0.1, 0.15) is 84.3 Å². The Hall–Kier alpha value is -1.02. The van der Waals surface area contributed by atoms with Crippen molar-refractivity contribution in [2.75, 3.05) is 26.2 Å². The summed E-state index contributed by atoms with van der Waals surface area (Å²) in [6.45, 7) is 18.1. The molecule has 144 valence electrons. The minimum Gasteiger partial charge on any atom is -0.493 e. The quantitative estimate of drug-likeness (QED) is 0.408. The number of ether oxygens (including phenoxy) is 1. The van der Waals surface area contributed by atoms with Gasteiger partial charge in [0.25, 0.3) is 0 Å². The summed E-state index contributed by atoms with van der Waals surface area (Å²) in [7, 11) is 0. The largest absolute Gasteiger partial charge is 0.493 e. The number of nitrogens with zero attached hydrogens (tertiary/aromatic N) is 1. The van der Waals surface area contributed by atoms with Crippen LogP contribution in [0, 0.1) is 6.92 Å². The summed E-state index contributed by atoms with van der Waals surface area (Å²) in [5.74, 6) is 1.06. The molecule has 0 spiro atoms. The fourth-order valence-electron chi connectivity index (χ4n) is 3.30. The summed E-state index contributed by atoms with van der Waals surface area (Å²) in [6, 6.07) is 6.56. The van der Waals surface area contributed by atoms with E-state index in [-0.39, 0.29) is 5.41 Å². The van der Waals surface area contributed by atoms with Gasteiger partial charge in [0.2, 0.25) is 0 Å². The Kier molecular flexibility index (Phi) is 10.2. The molecular weight excluding hydrogens is 306 g/mol. The zero-order valence-corrected chi connectivity index (χ0v) is 17.7. The lowest BCUT2D eigenvalue weighted by molar-refractivity contribution is 0.263. The molecule has 0 N–H and O–H groups in total. The monoisotopic (exact) mass is 347 g/mol. The summed E-state index contributed by atoms with van der Waals surface area (Å²) >= 11 is 0. The Labute approximate surface area is 157 Å². The highest BCUT2D eigenvalue weighted by atomic mass is 16.5. The van der Waals surface area contributed by atoms with Crippen LogP contribution in [-0.2, 0) is 5.41 Å². The molecule has 0 aliphatic carbocycles. The molecule has 0 fully saturated rings. The fourth-order valence-corrected chi connectivity index (χ4v) is 3.30. The summed E-state index contributed by atoms with van der Waals surface area (Å²) < 4.78 is 6.11. The van der Waals surface area contributed by atoms with E-state index in [0.29, 0.717) is 0 Å². The topological polar surface area (TPSA) is 12.5 Å². The van der Waals surface area contributed by atoms with Gasteiger partial charge in [-0.25, -0.2) is 0 Å². The van der Waals surface area contributed by atoms with Gasteiger partial charge in [0.05, 0.1) is 6.61 Å². The van der Waals surface area contributed by atoms with Crippen molar-refractivity contribution in [2.45, 2.75) is 85.5 Å². The molecule has 0 saturated carbocycles. The van der Waals surface area contributed by atoms with Crippen LogP contribution in [0.4, 0.5) is 0 Å². The molecule has 0 bridgehead atoms. The molecule has 0 atom stereocenters. The molecule has 1 aromatic rings. The third kappa shape index (κ3) is 8.76. The second-order valence-electron chi connectivity index (χ2n) is 8.35. The standard InChI is InChI=1S/C23H41NO/c1-7-15-24(16-8-2)17-11-9-10-12-18-25-22-14-13-20(3)19-21(22)23(4,5)6/h13-14,19H,7-12,15-18H2,1-6H3. The van der Waals surface area contributed by atoms with Crippen LogP contribution >= 0.6 is 0 Å². The smallest absolute Gasteiger partial charge is 0.123 e. The average molecular weight is 348 g/mol. The van der Waals surface area contributed by atoms with Gasteiger partial charge in [-0.1, -0.05) is 65.2 Å². The number of hydrogen-bond donors (Lipinski definition) is 0. The molecule has 0 unspecified atom stereocenters. The van der Waals surface area contributed by atoms with Crippen LogP contribution in [0.15, 0.2) is 18.2 Å². The molecule has 0 amide bonds. The maximum absolute atomic E-state index is 6.11. The van der Waals surface area contributed by atoms with E-state index < -0.39 is 0 Å². The van der Waals surface area contributed by atoms with Crippen molar-refractivity contribution in [3.63, 3.8) is 0 Å². The van der Waals surface area contributed by atoms with E-state index in [1.54, 1.807) is 0 Å². The Balaban J connectivity index is 2.28. The minimum atomic E-state index is 0.128. The normalized spacial score (nSPS) is 12.0. The van der Waals surface area contributed by atoms with Crippen LogP contribution < -0.4 is 4.74 Å². The van der Waals surface area contributed by atoms with Gasteiger partial charge in [-0.2, -0.15) is 0 Å². The van der Waals surface area contributed by atoms with Crippen molar-refractivity contribution in [2.24, 2.45) is 0 Å². The second kappa shape index (κ2) is 11.6. The lowest BCUT2D eigenvalue weighted by Gasteiger charge is -2.23. The van der Waals surface area contributed by atoms with Crippen LogP contribution in [0.2, 0.25) is 0 Å². The van der Waals surface area contributed by atoms with Crippen LogP contribution in [0.25, 0.3) is 0 Å². The van der Waals surface area contributed by atoms with Gasteiger partial charge in [-0.05, 0) is 69.3 Å². The minimum absolute atomic E-state index is 0.128. The van der Waals surface area contributed by atoms with Gasteiger partial charge >= 0.3 is 0 Å². The third-order valence-electron chi connectivity index (χ3n) is 4.65. The molecule has 0 radical (unpaired) electrons. The number of rotatable bonds is 12. The Bertz CT molecular complexity index is 469. The van der Waals surface area contributed by atoms with E-state index in [9.17, 15) is 0 Å². The fraction of sp³-hybridized carbons (Fsp3) is 0.739. The summed E-state index contributed by atoms with van der Waals surface area (Å²) in [5, 5.41) is 0. The first-order valence-corrected chi connectivity index (χ1v) is 10.3. The number of aryl methyl sites for hydroxylation is 1. The summed E-state index contributed by atoms with van der Waals surface area (Å²) in [6.07, 6.45) is 7.58. The maximum Gasteiger partial charge on any atom is 0.123 e. The van der Waals surface area contributed by atoms with Crippen molar-refractivity contribution < 1.29 is 4.74 Å². The number of benzene rings is 1. The molecule has 1 rings (SSSR count). The molecule has 0 heterocycles. The Morgan fingerprint density at radius 3 is 2.12 bits per heavy atom. The van der Waals surface area contributed by atoms with E-state index in [0.717, 1.165) is 18.8 Å². The van der Waals surface area contributed by atoms with E-state index in [1.165, 1.54) is 62.9 Å². The third-order valence-corrected chi connectivity index (χ3v) is 4.65. The van der Waals surface area contributed by atoms with E-state index in [1.807, 2.05) is 0 Å². The average Bonchev–Trinajstić information content (AvgIpc) is 2.54. The van der Waals surface area contributed by atoms with Gasteiger partial charge in [0, 0.05) is 0 Å². The van der Waals surface area contributed by atoms with Crippen molar-refractivity contribution in [1.29, 1.82) is 0 Å². The molecular formula is C23H41NO. The maximum atomic E-state index is 6.11. The van der Waals surface area contributed by atoms with Gasteiger partial charge in [-0.3, -0.25) is 0 Å². The first-order chi connectivity index (χ1) is 11.9. The highest BCUT2D eigenvalue weighted by Crippen LogP contribution is 2.32. The van der Waals surface area contributed by atoms with E-state index >= 15 is 0 Å². The molecule has 25 heavy (non-hydrogen) atoms. The Morgan fingerprint density at radius 1 is 0.880 bits per heavy atom. The molecule has 0 aromatic heterocycles. The van der Waals surface area contributed by atoms with Crippen molar-refractivity contribution in [3.05, 3.63) is 29.3 Å². The molecule has 0 saturated heterocycles. The SMILES string of the molecule is CCCN(CCC)CCCCCCOc1ccc(C)cc1C(C)(C)C. The van der Waals surface area contributed by atoms with Crippen LogP contribution in [-0.4, -0.2) is 31.1 Å². The lowest BCUT2D eigenvalue weighted by Crippen LogP contribution is -2.26. The molecule has 2 heteroatoms. The summed E-state index contributed by atoms with van der Waals surface area (Å²) in [4.78, 5) is 2.61. The van der Waals surface area contributed by atoms with Crippen LogP contribution in [0.3, 0.4) is 0 Å². The van der Waals surface area contributed by atoms with Crippen molar-refractivity contribution in [3.8, 4) is 5.75 Å². The number of unbranched alkanes of at least 4 members (excludes halogenated alkanes) is 3. The first kappa shape index (κ1) is 22.0. The molecule has 1 aromatic carbocycles. The zero-order valence-electron chi connectivity index (χ0n) is 17.7. The van der Waals surface area contributed by atoms with Crippen LogP contribution in [0.5, 0.6) is 5.75 Å². The zero-order chi connectivity index (χ0) is 18.7. The van der Waals surface area contributed by atoms with Gasteiger partial charge in [-0.15, -0.1) is 0 Å². The van der Waals surface area contributed by atoms with Crippen molar-refractivity contribution >= 4 is 0 Å². The molecule has 0 aliphatic heterocycles. The molecule has 0 aliphatic rings. The highest BCUT2D eigenvalue weighted by molar-refractivity contribution is 5.41. The molecule has 2 nitrogen and oxygen atoms in total. The van der Waals surface area contributed by atoms with Gasteiger partial charge in [0.15, 0.2) is 0 Å². The Morgan fingerprint density at radius 2 is 1.52 bits per heavy atom. The predicted molar refractivity (Wildman–Crippen MR) is 111 cm³/mol. The van der Waals surface area contributed by atoms with Gasteiger partial charge in [0.1, 0.15) is 5.75 Å². The lowest BCUT2D eigenvalue weighted by atomic mass is 9.85. The second-order valence-corrected chi connectivity index (χ2v) is 8.35. The predicted octanol–water partition coefficient (Wildman–Crippen LogP) is 6.35. The first-order valence-electron chi connectivity index (χ1n) is 10.3. The van der Waals surface area contributed by atoms with Gasteiger partial charge < -0.3 is 9.64 Å². The van der Waals surface area contributed by atoms with E-state index in [4.69, 9.17) is 4.74 Å².